The van der Waals surface area contributed by atoms with Gasteiger partial charge in [0.15, 0.2) is 0 Å². The van der Waals surface area contributed by atoms with Crippen LogP contribution in [-0.2, 0) is 4.79 Å². The van der Waals surface area contributed by atoms with Crippen LogP contribution in [0.5, 0.6) is 0 Å². The van der Waals surface area contributed by atoms with E-state index in [1.165, 1.54) is 0 Å². The molecule has 23 heavy (non-hydrogen) atoms. The topological polar surface area (TPSA) is 73.4 Å². The Morgan fingerprint density at radius 2 is 2.22 bits per heavy atom. The molecule has 2 atom stereocenters. The fourth-order valence-corrected chi connectivity index (χ4v) is 3.70. The van der Waals surface area contributed by atoms with E-state index in [1.807, 2.05) is 20.2 Å². The Hall–Kier alpha value is -1.89. The summed E-state index contributed by atoms with van der Waals surface area (Å²) in [6.45, 7) is 3.49. The third-order valence-electron chi connectivity index (χ3n) is 4.93. The molecule has 1 aromatic rings. The van der Waals surface area contributed by atoms with E-state index in [4.69, 9.17) is 0 Å². The summed E-state index contributed by atoms with van der Waals surface area (Å²) in [5.74, 6) is 2.45. The number of likely N-dealkylation sites (N-methyl/N-ethyl adjacent to an activating group) is 1. The molecule has 0 bridgehead atoms. The molecule has 1 aromatic heterocycles. The first-order chi connectivity index (χ1) is 11.2. The van der Waals surface area contributed by atoms with Gasteiger partial charge in [-0.1, -0.05) is 0 Å². The largest absolute Gasteiger partial charge is 0.373 e. The molecule has 1 amide bonds. The number of carbonyl (C=O) groups excluding carboxylic acids is 1. The Morgan fingerprint density at radius 3 is 3.00 bits per heavy atom. The number of hydrogen-bond acceptors (Lipinski definition) is 6. The van der Waals surface area contributed by atoms with E-state index in [1.54, 1.807) is 6.20 Å². The average molecular weight is 318 g/mol. The van der Waals surface area contributed by atoms with Crippen molar-refractivity contribution in [1.82, 2.24) is 20.2 Å². The van der Waals surface area contributed by atoms with Crippen LogP contribution in [0.1, 0.15) is 19.3 Å². The molecule has 2 aliphatic heterocycles. The number of hydrogen-bond donors (Lipinski definition) is 2. The Labute approximate surface area is 137 Å². The van der Waals surface area contributed by atoms with Gasteiger partial charge in [0.25, 0.3) is 0 Å². The maximum absolute atomic E-state index is 12.2. The van der Waals surface area contributed by atoms with Crippen LogP contribution in [0.25, 0.3) is 0 Å². The Balaban J connectivity index is 1.69. The molecule has 2 aliphatic rings. The van der Waals surface area contributed by atoms with Crippen LogP contribution in [0.15, 0.2) is 12.3 Å². The number of piperidine rings is 2. The van der Waals surface area contributed by atoms with Crippen LogP contribution >= 0.6 is 0 Å². The minimum absolute atomic E-state index is 0.309. The molecule has 3 heterocycles. The van der Waals surface area contributed by atoms with Crippen LogP contribution in [0, 0.1) is 5.92 Å². The smallest absolute Gasteiger partial charge is 0.227 e. The fraction of sp³-hybridized carbons (Fsp3) is 0.688. The van der Waals surface area contributed by atoms with Gasteiger partial charge in [-0.2, -0.15) is 4.98 Å². The van der Waals surface area contributed by atoms with Gasteiger partial charge in [0.2, 0.25) is 11.9 Å². The molecule has 0 aliphatic carbocycles. The Kier molecular flexibility index (Phi) is 4.95. The third kappa shape index (κ3) is 3.39. The van der Waals surface area contributed by atoms with Crippen molar-refractivity contribution >= 4 is 17.7 Å². The minimum Gasteiger partial charge on any atom is -0.373 e. The highest BCUT2D eigenvalue weighted by Crippen LogP contribution is 2.32. The van der Waals surface area contributed by atoms with E-state index in [0.29, 0.717) is 24.3 Å². The summed E-state index contributed by atoms with van der Waals surface area (Å²) in [6.07, 6.45) is 4.43. The van der Waals surface area contributed by atoms with Crippen molar-refractivity contribution in [3.63, 3.8) is 0 Å². The number of nitrogens with one attached hydrogen (secondary N) is 2. The second-order valence-corrected chi connectivity index (χ2v) is 6.28. The molecular formula is C16H26N6O. The van der Waals surface area contributed by atoms with E-state index < -0.39 is 0 Å². The van der Waals surface area contributed by atoms with Crippen molar-refractivity contribution in [3.8, 4) is 0 Å². The van der Waals surface area contributed by atoms with E-state index >= 15 is 0 Å². The lowest BCUT2D eigenvalue weighted by Crippen LogP contribution is -2.57. The van der Waals surface area contributed by atoms with Gasteiger partial charge in [0.1, 0.15) is 5.82 Å². The fourth-order valence-electron chi connectivity index (χ4n) is 3.70. The zero-order valence-electron chi connectivity index (χ0n) is 14.0. The average Bonchev–Trinajstić information content (AvgIpc) is 2.60. The summed E-state index contributed by atoms with van der Waals surface area (Å²) >= 11 is 0. The third-order valence-corrected chi connectivity index (χ3v) is 4.93. The second-order valence-electron chi connectivity index (χ2n) is 6.28. The first kappa shape index (κ1) is 16.0. The lowest BCUT2D eigenvalue weighted by atomic mass is 9.83. The minimum atomic E-state index is 0.309. The van der Waals surface area contributed by atoms with Crippen molar-refractivity contribution in [2.24, 2.45) is 5.92 Å². The summed E-state index contributed by atoms with van der Waals surface area (Å²) < 4.78 is 0. The van der Waals surface area contributed by atoms with Gasteiger partial charge >= 0.3 is 0 Å². The Bertz CT molecular complexity index is 551. The molecule has 0 spiro atoms. The normalized spacial score (nSPS) is 24.5. The predicted octanol–water partition coefficient (Wildman–Crippen LogP) is 0.555. The quantitative estimate of drug-likeness (QED) is 0.826. The lowest BCUT2D eigenvalue weighted by Gasteiger charge is -2.47. The van der Waals surface area contributed by atoms with E-state index in [9.17, 15) is 4.79 Å². The summed E-state index contributed by atoms with van der Waals surface area (Å²) in [5, 5.41) is 6.21. The van der Waals surface area contributed by atoms with Crippen LogP contribution in [0.2, 0.25) is 0 Å². The van der Waals surface area contributed by atoms with Crippen LogP contribution in [0.3, 0.4) is 0 Å². The van der Waals surface area contributed by atoms with E-state index in [0.717, 1.165) is 50.8 Å². The molecule has 0 aromatic carbocycles. The highest BCUT2D eigenvalue weighted by Gasteiger charge is 2.39. The summed E-state index contributed by atoms with van der Waals surface area (Å²) in [7, 11) is 3.80. The van der Waals surface area contributed by atoms with Crippen molar-refractivity contribution < 1.29 is 4.79 Å². The first-order valence-electron chi connectivity index (χ1n) is 8.42. The number of amides is 1. The number of aromatic nitrogens is 2. The molecule has 0 saturated carbocycles. The molecule has 7 nitrogen and oxygen atoms in total. The van der Waals surface area contributed by atoms with Gasteiger partial charge in [-0.05, 0) is 31.9 Å². The van der Waals surface area contributed by atoms with Crippen molar-refractivity contribution in [1.29, 1.82) is 0 Å². The number of anilines is 2. The number of nitrogens with zero attached hydrogens (tertiary/aromatic N) is 4. The van der Waals surface area contributed by atoms with E-state index in [2.05, 4.69) is 30.4 Å². The molecule has 2 fully saturated rings. The highest BCUT2D eigenvalue weighted by molar-refractivity contribution is 5.77. The molecule has 126 valence electrons. The maximum Gasteiger partial charge on any atom is 0.227 e. The molecule has 2 N–H and O–H groups in total. The van der Waals surface area contributed by atoms with Crippen LogP contribution < -0.4 is 15.5 Å². The van der Waals surface area contributed by atoms with Crippen LogP contribution in [0.4, 0.5) is 11.8 Å². The number of carbonyl (C=O) groups is 1. The lowest BCUT2D eigenvalue weighted by molar-refractivity contribution is -0.139. The van der Waals surface area contributed by atoms with Gasteiger partial charge in [-0.25, -0.2) is 4.98 Å². The molecule has 2 saturated heterocycles. The first-order valence-corrected chi connectivity index (χ1v) is 8.42. The number of rotatable bonds is 5. The van der Waals surface area contributed by atoms with Gasteiger partial charge < -0.3 is 20.4 Å². The van der Waals surface area contributed by atoms with Gasteiger partial charge in [-0.15, -0.1) is 0 Å². The van der Waals surface area contributed by atoms with Crippen molar-refractivity contribution in [2.75, 3.05) is 50.5 Å². The van der Waals surface area contributed by atoms with Crippen LogP contribution in [-0.4, -0.2) is 67.1 Å². The zero-order chi connectivity index (χ0) is 16.2. The van der Waals surface area contributed by atoms with Crippen molar-refractivity contribution in [2.45, 2.75) is 25.3 Å². The van der Waals surface area contributed by atoms with E-state index in [-0.39, 0.29) is 0 Å². The standard InChI is InChI=1S/C16H26N6O/c1-17-8-10-22-13-6-9-21(11-12(13)3-4-15(22)23)16-19-7-5-14(18-2)20-16/h5,7,12-13,17H,3-4,6,8-11H2,1-2H3,(H,18,19,20)/t12-,13+/m0/s1. The van der Waals surface area contributed by atoms with Gasteiger partial charge in [0, 0.05) is 51.9 Å². The Morgan fingerprint density at radius 1 is 1.35 bits per heavy atom. The molecule has 0 radical (unpaired) electrons. The maximum atomic E-state index is 12.2. The zero-order valence-corrected chi connectivity index (χ0v) is 14.0. The molecule has 7 heteroatoms. The van der Waals surface area contributed by atoms with Crippen molar-refractivity contribution in [3.05, 3.63) is 12.3 Å². The molecular weight excluding hydrogens is 292 g/mol. The summed E-state index contributed by atoms with van der Waals surface area (Å²) in [4.78, 5) is 25.6. The second kappa shape index (κ2) is 7.12. The number of likely N-dealkylation sites (tertiary alicyclic amines) is 1. The molecule has 3 rings (SSSR count). The number of fused-ring (bicyclic) bond motifs is 1. The highest BCUT2D eigenvalue weighted by atomic mass is 16.2. The van der Waals surface area contributed by atoms with Gasteiger partial charge in [-0.3, -0.25) is 4.79 Å². The predicted molar refractivity (Wildman–Crippen MR) is 90.6 cm³/mol. The molecule has 0 unspecified atom stereocenters. The van der Waals surface area contributed by atoms with Gasteiger partial charge in [0.05, 0.1) is 0 Å². The monoisotopic (exact) mass is 318 g/mol. The summed E-state index contributed by atoms with van der Waals surface area (Å²) in [6, 6.07) is 2.24. The SMILES string of the molecule is CNCCN1C(=O)CC[C@H]2CN(c3nccc(NC)n3)CC[C@H]21. The summed E-state index contributed by atoms with van der Waals surface area (Å²) in [5.41, 5.74) is 0.